The fourth-order valence-corrected chi connectivity index (χ4v) is 5.49. The Balaban J connectivity index is 1.79. The van der Waals surface area contributed by atoms with Gasteiger partial charge in [-0.05, 0) is 61.4 Å². The summed E-state index contributed by atoms with van der Waals surface area (Å²) in [6, 6.07) is 17.1. The van der Waals surface area contributed by atoms with E-state index < -0.39 is 38.4 Å². The Bertz CT molecular complexity index is 1520. The van der Waals surface area contributed by atoms with E-state index in [-0.39, 0.29) is 22.7 Å². The first kappa shape index (κ1) is 28.2. The minimum absolute atomic E-state index is 0.0354. The molecular weight excluding hydrogens is 538 g/mol. The van der Waals surface area contributed by atoms with Crippen LogP contribution in [0.3, 0.4) is 0 Å². The summed E-state index contributed by atoms with van der Waals surface area (Å²) in [5, 5.41) is 3.04. The van der Waals surface area contributed by atoms with Gasteiger partial charge >= 0.3 is 0 Å². The average molecular weight is 564 g/mol. The number of nitrogens with zero attached hydrogens (tertiary/aromatic N) is 1. The molecule has 0 saturated heterocycles. The van der Waals surface area contributed by atoms with Crippen molar-refractivity contribution in [3.05, 3.63) is 94.0 Å². The van der Waals surface area contributed by atoms with Gasteiger partial charge in [-0.1, -0.05) is 47.5 Å². The average Bonchev–Trinajstić information content (AvgIpc) is 2.82. The van der Waals surface area contributed by atoms with Crippen LogP contribution in [-0.4, -0.2) is 41.5 Å². The number of carbonyl (C=O) groups excluding carboxylic acids is 2. The third-order valence-corrected chi connectivity index (χ3v) is 8.13. The van der Waals surface area contributed by atoms with E-state index in [2.05, 4.69) is 5.32 Å². The van der Waals surface area contributed by atoms with Gasteiger partial charge in [0, 0.05) is 17.1 Å². The van der Waals surface area contributed by atoms with Crippen LogP contribution in [0.15, 0.2) is 71.6 Å². The Hall–Kier alpha value is -3.41. The lowest BCUT2D eigenvalue weighted by Gasteiger charge is -2.26. The number of nitrogens with one attached hydrogen (secondary N) is 2. The fraction of sp³-hybridized carbons (Fsp3) is 0.200. The first-order chi connectivity index (χ1) is 17.3. The number of halogens is 1. The van der Waals surface area contributed by atoms with E-state index in [1.54, 1.807) is 49.4 Å². The van der Waals surface area contributed by atoms with E-state index in [0.717, 1.165) is 16.1 Å². The van der Waals surface area contributed by atoms with Crippen molar-refractivity contribution in [2.75, 3.05) is 17.1 Å². The molecule has 0 heterocycles. The standard InChI is InChI=1S/C25H26ClN3O6S2/c1-17-7-13-21(14-8-17)37(34,35)29(23-6-4-5-22(26)18(23)2)16-24(30)27-15-19-9-11-20(12-10-19)25(31)28-36(3,32)33/h4-14H,15-16H2,1-3H3,(H,27,30)(H,28,31). The van der Waals surface area contributed by atoms with Crippen LogP contribution in [0, 0.1) is 13.8 Å². The van der Waals surface area contributed by atoms with Crippen molar-refractivity contribution < 1.29 is 26.4 Å². The zero-order valence-corrected chi connectivity index (χ0v) is 22.7. The molecule has 2 amide bonds. The van der Waals surface area contributed by atoms with Crippen LogP contribution in [0.5, 0.6) is 0 Å². The number of hydrogen-bond donors (Lipinski definition) is 2. The predicted molar refractivity (Wildman–Crippen MR) is 142 cm³/mol. The number of carbonyl (C=O) groups is 2. The number of benzene rings is 3. The molecule has 0 bridgehead atoms. The van der Waals surface area contributed by atoms with Crippen molar-refractivity contribution >= 4 is 49.1 Å². The number of rotatable bonds is 9. The van der Waals surface area contributed by atoms with Crippen molar-refractivity contribution in [2.45, 2.75) is 25.3 Å². The molecule has 0 unspecified atom stereocenters. The van der Waals surface area contributed by atoms with Crippen molar-refractivity contribution in [2.24, 2.45) is 0 Å². The number of sulfonamides is 2. The second kappa shape index (κ2) is 11.3. The molecule has 0 aliphatic rings. The lowest BCUT2D eigenvalue weighted by atomic mass is 10.1. The molecule has 0 spiro atoms. The van der Waals surface area contributed by atoms with E-state index in [1.165, 1.54) is 24.3 Å². The molecular formula is C25H26ClN3O6S2. The van der Waals surface area contributed by atoms with Crippen LogP contribution >= 0.6 is 11.6 Å². The van der Waals surface area contributed by atoms with Crippen LogP contribution < -0.4 is 14.3 Å². The Morgan fingerprint density at radius 3 is 2.11 bits per heavy atom. The molecule has 37 heavy (non-hydrogen) atoms. The van der Waals surface area contributed by atoms with Gasteiger partial charge in [0.05, 0.1) is 16.8 Å². The Morgan fingerprint density at radius 1 is 0.892 bits per heavy atom. The monoisotopic (exact) mass is 563 g/mol. The van der Waals surface area contributed by atoms with Gasteiger partial charge < -0.3 is 5.32 Å². The molecule has 0 radical (unpaired) electrons. The quantitative estimate of drug-likeness (QED) is 0.411. The SMILES string of the molecule is Cc1ccc(S(=O)(=O)N(CC(=O)NCc2ccc(C(=O)NS(C)(=O)=O)cc2)c2cccc(Cl)c2C)cc1. The maximum Gasteiger partial charge on any atom is 0.264 e. The molecule has 3 rings (SSSR count). The van der Waals surface area contributed by atoms with Crippen LogP contribution in [0.1, 0.15) is 27.0 Å². The van der Waals surface area contributed by atoms with Gasteiger partial charge in [0.15, 0.2) is 0 Å². The first-order valence-electron chi connectivity index (χ1n) is 11.0. The molecule has 0 atom stereocenters. The van der Waals surface area contributed by atoms with E-state index in [4.69, 9.17) is 11.6 Å². The van der Waals surface area contributed by atoms with Crippen molar-refractivity contribution in [1.29, 1.82) is 0 Å². The van der Waals surface area contributed by atoms with Gasteiger partial charge in [-0.15, -0.1) is 0 Å². The topological polar surface area (TPSA) is 130 Å². The molecule has 2 N–H and O–H groups in total. The van der Waals surface area contributed by atoms with Crippen LogP contribution in [0.25, 0.3) is 0 Å². The minimum Gasteiger partial charge on any atom is -0.350 e. The fourth-order valence-electron chi connectivity index (χ4n) is 3.39. The van der Waals surface area contributed by atoms with E-state index in [0.29, 0.717) is 16.1 Å². The lowest BCUT2D eigenvalue weighted by molar-refractivity contribution is -0.119. The Kier molecular flexibility index (Phi) is 8.62. The van der Waals surface area contributed by atoms with E-state index in [9.17, 15) is 26.4 Å². The molecule has 12 heteroatoms. The van der Waals surface area contributed by atoms with Crippen molar-refractivity contribution in [1.82, 2.24) is 10.0 Å². The largest absolute Gasteiger partial charge is 0.350 e. The molecule has 3 aromatic rings. The normalized spacial score (nSPS) is 11.6. The Morgan fingerprint density at radius 2 is 1.51 bits per heavy atom. The smallest absolute Gasteiger partial charge is 0.264 e. The molecule has 3 aromatic carbocycles. The molecule has 0 aliphatic heterocycles. The Labute approximate surface area is 221 Å². The van der Waals surface area contributed by atoms with E-state index in [1.807, 2.05) is 11.6 Å². The van der Waals surface area contributed by atoms with Crippen molar-refractivity contribution in [3.63, 3.8) is 0 Å². The van der Waals surface area contributed by atoms with Gasteiger partial charge in [-0.25, -0.2) is 21.6 Å². The maximum atomic E-state index is 13.5. The summed E-state index contributed by atoms with van der Waals surface area (Å²) < 4.78 is 52.4. The van der Waals surface area contributed by atoms with Crippen LogP contribution in [0.2, 0.25) is 5.02 Å². The number of amides is 2. The minimum atomic E-state index is -4.10. The first-order valence-corrected chi connectivity index (χ1v) is 14.7. The summed E-state index contributed by atoms with van der Waals surface area (Å²) in [7, 11) is -7.79. The third kappa shape index (κ3) is 7.31. The van der Waals surface area contributed by atoms with E-state index >= 15 is 0 Å². The highest BCUT2D eigenvalue weighted by molar-refractivity contribution is 7.92. The van der Waals surface area contributed by atoms with Crippen LogP contribution in [0.4, 0.5) is 5.69 Å². The summed E-state index contributed by atoms with van der Waals surface area (Å²) in [4.78, 5) is 24.9. The highest BCUT2D eigenvalue weighted by atomic mass is 35.5. The number of aryl methyl sites for hydroxylation is 1. The third-order valence-electron chi connectivity index (χ3n) is 5.39. The van der Waals surface area contributed by atoms with Crippen LogP contribution in [-0.2, 0) is 31.4 Å². The van der Waals surface area contributed by atoms with Gasteiger partial charge in [0.1, 0.15) is 6.54 Å². The van der Waals surface area contributed by atoms with Gasteiger partial charge in [-0.3, -0.25) is 13.9 Å². The molecule has 196 valence electrons. The summed E-state index contributed by atoms with van der Waals surface area (Å²) in [6.45, 7) is 3.08. The second-order valence-electron chi connectivity index (χ2n) is 8.39. The zero-order chi connectivity index (χ0) is 27.4. The number of hydrogen-bond acceptors (Lipinski definition) is 6. The van der Waals surface area contributed by atoms with Gasteiger partial charge in [0.25, 0.3) is 15.9 Å². The molecule has 0 aliphatic carbocycles. The zero-order valence-electron chi connectivity index (χ0n) is 20.4. The molecule has 0 saturated carbocycles. The van der Waals surface area contributed by atoms with Crippen molar-refractivity contribution in [3.8, 4) is 0 Å². The highest BCUT2D eigenvalue weighted by Crippen LogP contribution is 2.30. The summed E-state index contributed by atoms with van der Waals surface area (Å²) >= 11 is 6.24. The summed E-state index contributed by atoms with van der Waals surface area (Å²) in [6.07, 6.45) is 0.877. The predicted octanol–water partition coefficient (Wildman–Crippen LogP) is 3.16. The number of anilines is 1. The highest BCUT2D eigenvalue weighted by Gasteiger charge is 2.28. The van der Waals surface area contributed by atoms with Gasteiger partial charge in [0.2, 0.25) is 15.9 Å². The second-order valence-corrected chi connectivity index (χ2v) is 12.4. The maximum absolute atomic E-state index is 13.5. The summed E-state index contributed by atoms with van der Waals surface area (Å²) in [5.74, 6) is -1.33. The molecule has 9 nitrogen and oxygen atoms in total. The lowest BCUT2D eigenvalue weighted by Crippen LogP contribution is -2.41. The van der Waals surface area contributed by atoms with Gasteiger partial charge in [-0.2, -0.15) is 0 Å². The molecule has 0 fully saturated rings. The summed E-state index contributed by atoms with van der Waals surface area (Å²) in [5.41, 5.74) is 2.44. The molecule has 0 aromatic heterocycles.